The topological polar surface area (TPSA) is 9.86 Å². The van der Waals surface area contributed by atoms with E-state index in [4.69, 9.17) is 0 Å². The van der Waals surface area contributed by atoms with Crippen LogP contribution in [0.2, 0.25) is 0 Å². The van der Waals surface area contributed by atoms with Crippen LogP contribution in [0.5, 0.6) is 0 Å². The van der Waals surface area contributed by atoms with E-state index in [1.165, 1.54) is 110 Å². The number of fused-ring (bicyclic) bond motifs is 9. The van der Waals surface area contributed by atoms with Gasteiger partial charge in [-0.25, -0.2) is 0 Å². The maximum absolute atomic E-state index is 2.45. The molecule has 48 heavy (non-hydrogen) atoms. The van der Waals surface area contributed by atoms with E-state index >= 15 is 0 Å². The van der Waals surface area contributed by atoms with Gasteiger partial charge < -0.3 is 9.13 Å². The average Bonchev–Trinajstić information content (AvgIpc) is 3.66. The quantitative estimate of drug-likeness (QED) is 0.173. The van der Waals surface area contributed by atoms with Gasteiger partial charge in [-0.3, -0.25) is 0 Å². The van der Waals surface area contributed by atoms with Crippen LogP contribution in [0.25, 0.3) is 110 Å². The number of hydrogen-bond donors (Lipinski definition) is 0. The zero-order chi connectivity index (χ0) is 31.1. The average molecular weight is 607 g/mol. The fraction of sp³-hybridized carbons (Fsp3) is 0. The van der Waals surface area contributed by atoms with Crippen molar-refractivity contribution in [1.29, 1.82) is 0 Å². The second-order valence-electron chi connectivity index (χ2n) is 13.4. The maximum Gasteiger partial charge on any atom is 0.0547 e. The zero-order valence-electron chi connectivity index (χ0n) is 25.9. The Kier molecular flexibility index (Phi) is 4.49. The summed E-state index contributed by atoms with van der Waals surface area (Å²) in [7, 11) is 0. The van der Waals surface area contributed by atoms with Crippen LogP contribution >= 0.6 is 0 Å². The molecular weight excluding hydrogens is 581 g/mol. The molecule has 1 aliphatic carbocycles. The normalized spacial score (nSPS) is 12.6. The second-order valence-corrected chi connectivity index (χ2v) is 13.4. The van der Waals surface area contributed by atoms with Crippen LogP contribution in [0.1, 0.15) is 0 Å². The predicted octanol–water partition coefficient (Wildman–Crippen LogP) is 12.4. The van der Waals surface area contributed by atoms with Crippen LogP contribution in [-0.2, 0) is 0 Å². The molecule has 2 aromatic heterocycles. The van der Waals surface area contributed by atoms with E-state index in [9.17, 15) is 0 Å². The number of benzene rings is 9. The molecule has 0 spiro atoms. The molecule has 0 fully saturated rings. The first-order valence-corrected chi connectivity index (χ1v) is 16.7. The molecule has 1 aliphatic rings. The molecule has 0 N–H and O–H groups in total. The summed E-state index contributed by atoms with van der Waals surface area (Å²) in [5, 5.41) is 13.0. The lowest BCUT2D eigenvalue weighted by atomic mass is 9.78. The molecule has 0 bridgehead atoms. The van der Waals surface area contributed by atoms with E-state index in [1.54, 1.807) is 0 Å². The molecule has 2 heteroatoms. The predicted molar refractivity (Wildman–Crippen MR) is 203 cm³/mol. The summed E-state index contributed by atoms with van der Waals surface area (Å²) in [5.74, 6) is 0. The van der Waals surface area contributed by atoms with Crippen molar-refractivity contribution in [2.24, 2.45) is 0 Å². The van der Waals surface area contributed by atoms with Crippen LogP contribution in [0.4, 0.5) is 0 Å². The third-order valence-corrected chi connectivity index (χ3v) is 10.9. The third-order valence-electron chi connectivity index (χ3n) is 10.9. The largest absolute Gasteiger partial charge is 0.309 e. The van der Waals surface area contributed by atoms with Crippen molar-refractivity contribution >= 4 is 75.9 Å². The minimum Gasteiger partial charge on any atom is -0.309 e. The molecule has 0 amide bonds. The van der Waals surface area contributed by atoms with Gasteiger partial charge >= 0.3 is 0 Å². The van der Waals surface area contributed by atoms with Gasteiger partial charge in [0.25, 0.3) is 0 Å². The van der Waals surface area contributed by atoms with Gasteiger partial charge in [-0.05, 0) is 127 Å². The fourth-order valence-electron chi connectivity index (χ4n) is 8.78. The van der Waals surface area contributed by atoms with Crippen molar-refractivity contribution < 1.29 is 0 Å². The highest BCUT2D eigenvalue weighted by Gasteiger charge is 2.24. The highest BCUT2D eigenvalue weighted by atomic mass is 15.0. The van der Waals surface area contributed by atoms with E-state index in [0.717, 1.165) is 0 Å². The molecule has 0 saturated carbocycles. The Morgan fingerprint density at radius 2 is 0.667 bits per heavy atom. The van der Waals surface area contributed by atoms with Crippen molar-refractivity contribution in [2.45, 2.75) is 0 Å². The monoisotopic (exact) mass is 606 g/mol. The van der Waals surface area contributed by atoms with Gasteiger partial charge in [-0.2, -0.15) is 0 Å². The molecule has 12 rings (SSSR count). The molecule has 0 aliphatic heterocycles. The number of hydrogen-bond acceptors (Lipinski definition) is 0. The summed E-state index contributed by atoms with van der Waals surface area (Å²) in [6, 6.07) is 58.8. The first kappa shape index (κ1) is 24.8. The zero-order valence-corrected chi connectivity index (χ0v) is 25.9. The first-order valence-electron chi connectivity index (χ1n) is 16.7. The van der Waals surface area contributed by atoms with Gasteiger partial charge in [-0.15, -0.1) is 0 Å². The molecule has 2 nitrogen and oxygen atoms in total. The van der Waals surface area contributed by atoms with E-state index in [0.29, 0.717) is 0 Å². The number of aromatic nitrogens is 2. The fourth-order valence-corrected chi connectivity index (χ4v) is 8.78. The summed E-state index contributed by atoms with van der Waals surface area (Å²) >= 11 is 0. The van der Waals surface area contributed by atoms with Crippen molar-refractivity contribution in [2.75, 3.05) is 0 Å². The third kappa shape index (κ3) is 3.08. The van der Waals surface area contributed by atoms with Gasteiger partial charge in [0.2, 0.25) is 0 Å². The summed E-state index contributed by atoms with van der Waals surface area (Å²) < 4.78 is 4.85. The lowest BCUT2D eigenvalue weighted by molar-refractivity contribution is 1.19. The number of nitrogens with zero attached hydrogens (tertiary/aromatic N) is 2. The van der Waals surface area contributed by atoms with E-state index < -0.39 is 0 Å². The van der Waals surface area contributed by atoms with Gasteiger partial charge in [0.15, 0.2) is 0 Å². The Labute approximate surface area is 275 Å². The molecule has 0 radical (unpaired) electrons. The molecule has 2 heterocycles. The van der Waals surface area contributed by atoms with Crippen LogP contribution in [-0.4, -0.2) is 9.13 Å². The van der Waals surface area contributed by atoms with Gasteiger partial charge in [0.05, 0.1) is 22.1 Å². The Bertz CT molecular complexity index is 3050. The van der Waals surface area contributed by atoms with Crippen molar-refractivity contribution in [3.05, 3.63) is 158 Å². The van der Waals surface area contributed by atoms with E-state index in [-0.39, 0.29) is 0 Å². The van der Waals surface area contributed by atoms with Crippen LogP contribution in [0.3, 0.4) is 0 Å². The smallest absolute Gasteiger partial charge is 0.0547 e. The highest BCUT2D eigenvalue weighted by Crippen LogP contribution is 2.51. The number of para-hydroxylation sites is 2. The molecular formula is C46H26N2. The molecule has 220 valence electrons. The second kappa shape index (κ2) is 8.70. The summed E-state index contributed by atoms with van der Waals surface area (Å²) in [6.45, 7) is 0. The van der Waals surface area contributed by atoms with Crippen molar-refractivity contribution in [1.82, 2.24) is 9.13 Å². The van der Waals surface area contributed by atoms with Gasteiger partial charge in [0.1, 0.15) is 0 Å². The van der Waals surface area contributed by atoms with Crippen LogP contribution < -0.4 is 0 Å². The maximum atomic E-state index is 2.45. The molecule has 0 atom stereocenters. The highest BCUT2D eigenvalue weighted by molar-refractivity contribution is 6.24. The lowest BCUT2D eigenvalue weighted by Crippen LogP contribution is -2.00. The van der Waals surface area contributed by atoms with Crippen LogP contribution in [0.15, 0.2) is 158 Å². The van der Waals surface area contributed by atoms with Crippen LogP contribution in [0, 0.1) is 0 Å². The Hall–Kier alpha value is -6.38. The molecule has 11 aromatic rings. The molecule has 9 aromatic carbocycles. The summed E-state index contributed by atoms with van der Waals surface area (Å²) in [4.78, 5) is 0. The molecule has 0 unspecified atom stereocenters. The van der Waals surface area contributed by atoms with E-state index in [1.807, 2.05) is 0 Å². The first-order chi connectivity index (χ1) is 23.8. The Morgan fingerprint density at radius 3 is 1.17 bits per heavy atom. The lowest BCUT2D eigenvalue weighted by Gasteiger charge is -2.26. The summed E-state index contributed by atoms with van der Waals surface area (Å²) in [5.41, 5.74) is 12.8. The summed E-state index contributed by atoms with van der Waals surface area (Å²) in [6.07, 6.45) is 0. The van der Waals surface area contributed by atoms with Crippen molar-refractivity contribution in [3.8, 4) is 33.6 Å². The van der Waals surface area contributed by atoms with Gasteiger partial charge in [-0.1, -0.05) is 84.9 Å². The number of rotatable bonds is 2. The minimum absolute atomic E-state index is 1.19. The van der Waals surface area contributed by atoms with E-state index in [2.05, 4.69) is 167 Å². The Balaban J connectivity index is 1.02. The standard InChI is InChI=1S/C46H26N2/c1-3-11-41-35(9-1)36-10-2-4-12-42(36)47(41)33-19-17-29-23-37-38-24-30-18-20-34(22-32(30)26-40(38)39(37)25-31(29)21-33)48-43-13-5-7-27-15-16-28-8-6-14-44(48)46(28)45(27)43/h1-26H. The van der Waals surface area contributed by atoms with Crippen molar-refractivity contribution in [3.63, 3.8) is 0 Å². The minimum atomic E-state index is 1.19. The molecule has 0 saturated heterocycles. The Morgan fingerprint density at radius 1 is 0.271 bits per heavy atom. The van der Waals surface area contributed by atoms with Gasteiger partial charge in [0, 0.05) is 32.9 Å². The SMILES string of the molecule is c1ccc2c(c1)c1ccccc1n2-c1ccc2cc3c(cc2c1)-c1cc2cc(-n4c5cccc6ccc7cccc4c7c65)ccc2cc1-3.